The van der Waals surface area contributed by atoms with Crippen molar-refractivity contribution in [3.05, 3.63) is 71.3 Å². The van der Waals surface area contributed by atoms with Crippen LogP contribution in [0.1, 0.15) is 46.8 Å². The highest BCUT2D eigenvalue weighted by atomic mass is 16.2. The van der Waals surface area contributed by atoms with Crippen molar-refractivity contribution in [2.24, 2.45) is 0 Å². The Kier molecular flexibility index (Phi) is 5.21. The van der Waals surface area contributed by atoms with Gasteiger partial charge < -0.3 is 16.0 Å². The van der Waals surface area contributed by atoms with E-state index >= 15 is 0 Å². The van der Waals surface area contributed by atoms with E-state index in [2.05, 4.69) is 34.1 Å². The SMILES string of the molecule is O=C(NC1CNC(C(=O)NC2CCCc3ccccc32)C1)c1ccccc1. The van der Waals surface area contributed by atoms with Crippen LogP contribution >= 0.6 is 0 Å². The normalized spacial score (nSPS) is 24.1. The van der Waals surface area contributed by atoms with Gasteiger partial charge in [0.15, 0.2) is 0 Å². The van der Waals surface area contributed by atoms with Gasteiger partial charge in [-0.05, 0) is 48.9 Å². The van der Waals surface area contributed by atoms with E-state index in [1.807, 2.05) is 24.3 Å². The molecule has 2 aromatic carbocycles. The van der Waals surface area contributed by atoms with Crippen LogP contribution in [0.25, 0.3) is 0 Å². The lowest BCUT2D eigenvalue weighted by Crippen LogP contribution is -2.42. The molecule has 5 heteroatoms. The lowest BCUT2D eigenvalue weighted by atomic mass is 9.87. The van der Waals surface area contributed by atoms with E-state index in [1.165, 1.54) is 11.1 Å². The first-order valence-electron chi connectivity index (χ1n) is 9.68. The van der Waals surface area contributed by atoms with E-state index in [0.717, 1.165) is 19.3 Å². The first-order chi connectivity index (χ1) is 13.2. The third kappa shape index (κ3) is 4.03. The fraction of sp³-hybridized carbons (Fsp3) is 0.364. The molecule has 5 nitrogen and oxygen atoms in total. The van der Waals surface area contributed by atoms with Gasteiger partial charge in [-0.3, -0.25) is 9.59 Å². The molecule has 3 N–H and O–H groups in total. The van der Waals surface area contributed by atoms with Gasteiger partial charge in [-0.2, -0.15) is 0 Å². The van der Waals surface area contributed by atoms with Crippen LogP contribution in [0.3, 0.4) is 0 Å². The summed E-state index contributed by atoms with van der Waals surface area (Å²) in [4.78, 5) is 25.0. The summed E-state index contributed by atoms with van der Waals surface area (Å²) in [5.41, 5.74) is 3.22. The molecule has 1 fully saturated rings. The average molecular weight is 363 g/mol. The average Bonchev–Trinajstić information content (AvgIpc) is 3.17. The van der Waals surface area contributed by atoms with Crippen molar-refractivity contribution in [3.8, 4) is 0 Å². The van der Waals surface area contributed by atoms with Gasteiger partial charge in [0.1, 0.15) is 0 Å². The number of rotatable bonds is 4. The summed E-state index contributed by atoms with van der Waals surface area (Å²) in [7, 11) is 0. The molecule has 0 saturated carbocycles. The molecule has 0 spiro atoms. The number of amides is 2. The van der Waals surface area contributed by atoms with E-state index in [1.54, 1.807) is 12.1 Å². The third-order valence-corrected chi connectivity index (χ3v) is 5.50. The van der Waals surface area contributed by atoms with Crippen molar-refractivity contribution in [1.29, 1.82) is 0 Å². The summed E-state index contributed by atoms with van der Waals surface area (Å²) in [6.07, 6.45) is 3.76. The van der Waals surface area contributed by atoms with Gasteiger partial charge in [-0.1, -0.05) is 42.5 Å². The van der Waals surface area contributed by atoms with Crippen molar-refractivity contribution in [3.63, 3.8) is 0 Å². The fourth-order valence-electron chi connectivity index (χ4n) is 4.08. The third-order valence-electron chi connectivity index (χ3n) is 5.50. The topological polar surface area (TPSA) is 70.2 Å². The van der Waals surface area contributed by atoms with E-state index in [-0.39, 0.29) is 29.9 Å². The molecule has 3 unspecified atom stereocenters. The molecule has 4 rings (SSSR count). The van der Waals surface area contributed by atoms with Crippen LogP contribution in [-0.2, 0) is 11.2 Å². The van der Waals surface area contributed by atoms with Gasteiger partial charge >= 0.3 is 0 Å². The Morgan fingerprint density at radius 1 is 0.963 bits per heavy atom. The lowest BCUT2D eigenvalue weighted by molar-refractivity contribution is -0.123. The number of hydrogen-bond acceptors (Lipinski definition) is 3. The predicted molar refractivity (Wildman–Crippen MR) is 104 cm³/mol. The van der Waals surface area contributed by atoms with Gasteiger partial charge in [0.05, 0.1) is 12.1 Å². The molecule has 140 valence electrons. The van der Waals surface area contributed by atoms with Crippen molar-refractivity contribution >= 4 is 11.8 Å². The molecule has 1 aliphatic heterocycles. The summed E-state index contributed by atoms with van der Waals surface area (Å²) in [5.74, 6) is -0.0715. The van der Waals surface area contributed by atoms with Crippen molar-refractivity contribution in [1.82, 2.24) is 16.0 Å². The molecule has 1 heterocycles. The van der Waals surface area contributed by atoms with Crippen LogP contribution in [0, 0.1) is 0 Å². The first kappa shape index (κ1) is 17.7. The maximum atomic E-state index is 12.7. The molecule has 1 saturated heterocycles. The van der Waals surface area contributed by atoms with Crippen LogP contribution in [0.5, 0.6) is 0 Å². The number of aryl methyl sites for hydroxylation is 1. The minimum atomic E-state index is -0.264. The Labute approximate surface area is 159 Å². The van der Waals surface area contributed by atoms with Crippen LogP contribution in [0.4, 0.5) is 0 Å². The highest BCUT2D eigenvalue weighted by Gasteiger charge is 2.32. The standard InChI is InChI=1S/C22H25N3O2/c26-21(16-8-2-1-3-9-16)24-17-13-20(23-14-17)22(27)25-19-12-6-10-15-7-4-5-11-18(15)19/h1-5,7-9,11,17,19-20,23H,6,10,12-14H2,(H,24,26)(H,25,27). The van der Waals surface area contributed by atoms with E-state index in [9.17, 15) is 9.59 Å². The summed E-state index contributed by atoms with van der Waals surface area (Å²) < 4.78 is 0. The van der Waals surface area contributed by atoms with Crippen LogP contribution < -0.4 is 16.0 Å². The van der Waals surface area contributed by atoms with E-state index in [4.69, 9.17) is 0 Å². The van der Waals surface area contributed by atoms with Crippen LogP contribution in [0.2, 0.25) is 0 Å². The quantitative estimate of drug-likeness (QED) is 0.781. The summed E-state index contributed by atoms with van der Waals surface area (Å²) in [5, 5.41) is 9.48. The van der Waals surface area contributed by atoms with Gasteiger partial charge in [-0.15, -0.1) is 0 Å². The monoisotopic (exact) mass is 363 g/mol. The molecule has 0 radical (unpaired) electrons. The highest BCUT2D eigenvalue weighted by Crippen LogP contribution is 2.29. The largest absolute Gasteiger partial charge is 0.348 e. The second kappa shape index (κ2) is 7.92. The molecule has 1 aliphatic carbocycles. The maximum absolute atomic E-state index is 12.7. The zero-order chi connectivity index (χ0) is 18.6. The maximum Gasteiger partial charge on any atom is 0.251 e. The molecular formula is C22H25N3O2. The number of hydrogen-bond donors (Lipinski definition) is 3. The summed E-state index contributed by atoms with van der Waals surface area (Å²) in [6, 6.07) is 17.3. The number of carbonyl (C=O) groups excluding carboxylic acids is 2. The fourth-order valence-corrected chi connectivity index (χ4v) is 4.08. The van der Waals surface area contributed by atoms with Crippen molar-refractivity contribution in [2.45, 2.75) is 43.8 Å². The highest BCUT2D eigenvalue weighted by molar-refractivity contribution is 5.94. The van der Waals surface area contributed by atoms with Gasteiger partial charge in [-0.25, -0.2) is 0 Å². The van der Waals surface area contributed by atoms with Crippen LogP contribution in [0.15, 0.2) is 54.6 Å². The minimum absolute atomic E-state index is 0.0214. The predicted octanol–water partition coefficient (Wildman–Crippen LogP) is 2.34. The number of nitrogens with one attached hydrogen (secondary N) is 3. The van der Waals surface area contributed by atoms with Crippen molar-refractivity contribution < 1.29 is 9.59 Å². The number of fused-ring (bicyclic) bond motifs is 1. The van der Waals surface area contributed by atoms with Gasteiger partial charge in [0.2, 0.25) is 5.91 Å². The van der Waals surface area contributed by atoms with Gasteiger partial charge in [0.25, 0.3) is 5.91 Å². The Hall–Kier alpha value is -2.66. The van der Waals surface area contributed by atoms with Crippen LogP contribution in [-0.4, -0.2) is 30.4 Å². The smallest absolute Gasteiger partial charge is 0.251 e. The Morgan fingerprint density at radius 3 is 2.59 bits per heavy atom. The Balaban J connectivity index is 1.33. The molecular weight excluding hydrogens is 338 g/mol. The van der Waals surface area contributed by atoms with E-state index in [0.29, 0.717) is 18.5 Å². The van der Waals surface area contributed by atoms with E-state index < -0.39 is 0 Å². The van der Waals surface area contributed by atoms with Gasteiger partial charge in [0, 0.05) is 18.2 Å². The lowest BCUT2D eigenvalue weighted by Gasteiger charge is -2.27. The zero-order valence-corrected chi connectivity index (χ0v) is 15.3. The zero-order valence-electron chi connectivity index (χ0n) is 15.3. The molecule has 2 aliphatic rings. The number of carbonyl (C=O) groups is 2. The number of benzene rings is 2. The second-order valence-electron chi connectivity index (χ2n) is 7.39. The molecule has 2 amide bonds. The summed E-state index contributed by atoms with van der Waals surface area (Å²) >= 11 is 0. The minimum Gasteiger partial charge on any atom is -0.348 e. The Morgan fingerprint density at radius 2 is 1.74 bits per heavy atom. The molecule has 0 aromatic heterocycles. The molecule has 27 heavy (non-hydrogen) atoms. The molecule has 0 bridgehead atoms. The second-order valence-corrected chi connectivity index (χ2v) is 7.39. The summed E-state index contributed by atoms with van der Waals surface area (Å²) in [6.45, 7) is 0.609. The first-order valence-corrected chi connectivity index (χ1v) is 9.68. The molecule has 3 atom stereocenters. The van der Waals surface area contributed by atoms with Crippen molar-refractivity contribution in [2.75, 3.05) is 6.54 Å². The Bertz CT molecular complexity index is 821. The molecule has 2 aromatic rings.